The van der Waals surface area contributed by atoms with Gasteiger partial charge in [-0.15, -0.1) is 0 Å². The first kappa shape index (κ1) is 16.8. The molecule has 0 spiro atoms. The van der Waals surface area contributed by atoms with Crippen molar-refractivity contribution in [3.63, 3.8) is 0 Å². The Morgan fingerprint density at radius 1 is 1.29 bits per heavy atom. The molecule has 3 atom stereocenters. The van der Waals surface area contributed by atoms with Crippen LogP contribution in [0.3, 0.4) is 0 Å². The Hall–Kier alpha value is -2.08. The molecule has 2 aliphatic heterocycles. The third-order valence-corrected chi connectivity index (χ3v) is 4.68. The first-order valence-electron chi connectivity index (χ1n) is 8.14. The van der Waals surface area contributed by atoms with Crippen LogP contribution >= 0.6 is 0 Å². The highest BCUT2D eigenvalue weighted by Gasteiger charge is 2.56. The molecule has 0 bridgehead atoms. The summed E-state index contributed by atoms with van der Waals surface area (Å²) in [7, 11) is 1.34. The lowest BCUT2D eigenvalue weighted by Gasteiger charge is -2.27. The van der Waals surface area contributed by atoms with Crippen LogP contribution in [0.1, 0.15) is 25.8 Å². The molecule has 1 amide bonds. The van der Waals surface area contributed by atoms with Gasteiger partial charge in [0.2, 0.25) is 0 Å². The van der Waals surface area contributed by atoms with Crippen LogP contribution in [-0.2, 0) is 25.6 Å². The molecule has 2 aliphatic rings. The highest BCUT2D eigenvalue weighted by atomic mass is 16.6. The van der Waals surface area contributed by atoms with Crippen molar-refractivity contribution in [3.05, 3.63) is 35.9 Å². The molecule has 2 heterocycles. The molecule has 24 heavy (non-hydrogen) atoms. The van der Waals surface area contributed by atoms with Gasteiger partial charge < -0.3 is 14.2 Å². The second kappa shape index (κ2) is 6.43. The number of carbonyl (C=O) groups excluding carboxylic acids is 2. The van der Waals surface area contributed by atoms with Crippen molar-refractivity contribution in [2.24, 2.45) is 5.92 Å². The predicted molar refractivity (Wildman–Crippen MR) is 86.2 cm³/mol. The predicted octanol–water partition coefficient (Wildman–Crippen LogP) is 2.36. The minimum Gasteiger partial charge on any atom is -0.467 e. The van der Waals surface area contributed by atoms with E-state index in [9.17, 15) is 9.59 Å². The lowest BCUT2D eigenvalue weighted by Crippen LogP contribution is -2.45. The molecular formula is C18H23NO5. The summed E-state index contributed by atoms with van der Waals surface area (Å²) >= 11 is 0. The monoisotopic (exact) mass is 333 g/mol. The Balaban J connectivity index is 1.70. The number of fused-ring (bicyclic) bond motifs is 1. The minimum atomic E-state index is -0.648. The summed E-state index contributed by atoms with van der Waals surface area (Å²) in [6.45, 7) is 4.52. The fourth-order valence-corrected chi connectivity index (χ4v) is 3.68. The Morgan fingerprint density at radius 2 is 2.00 bits per heavy atom. The number of benzene rings is 1. The summed E-state index contributed by atoms with van der Waals surface area (Å²) in [6, 6.07) is 8.79. The summed E-state index contributed by atoms with van der Waals surface area (Å²) in [5.74, 6) is -0.475. The number of ether oxygens (including phenoxy) is 3. The number of hydrogen-bond acceptors (Lipinski definition) is 5. The van der Waals surface area contributed by atoms with Crippen LogP contribution in [0.2, 0.25) is 0 Å². The number of likely N-dealkylation sites (tertiary alicyclic amines) is 1. The number of nitrogens with zero attached hydrogens (tertiary/aromatic N) is 1. The van der Waals surface area contributed by atoms with Gasteiger partial charge in [0.05, 0.1) is 25.4 Å². The summed E-state index contributed by atoms with van der Waals surface area (Å²) in [4.78, 5) is 26.2. The van der Waals surface area contributed by atoms with Crippen LogP contribution in [0.25, 0.3) is 0 Å². The second-order valence-corrected chi connectivity index (χ2v) is 6.94. The standard InChI is InChI=1S/C18H23NO5/c1-18(2)9-13-14(24-18)10-19(15(13)16(20)22-3)17(21)23-11-12-7-5-4-6-8-12/h4-8,13-15H,9-11H2,1-3H3/t13-,14-,15?/m0/s1. The van der Waals surface area contributed by atoms with Crippen molar-refractivity contribution >= 4 is 12.1 Å². The molecule has 0 aliphatic carbocycles. The Morgan fingerprint density at radius 3 is 2.67 bits per heavy atom. The topological polar surface area (TPSA) is 65.1 Å². The highest BCUT2D eigenvalue weighted by molar-refractivity contribution is 5.82. The van der Waals surface area contributed by atoms with E-state index in [1.54, 1.807) is 0 Å². The largest absolute Gasteiger partial charge is 0.467 e. The maximum absolute atomic E-state index is 12.5. The Kier molecular flexibility index (Phi) is 4.49. The van der Waals surface area contributed by atoms with Crippen LogP contribution in [0.5, 0.6) is 0 Å². The van der Waals surface area contributed by atoms with E-state index >= 15 is 0 Å². The maximum atomic E-state index is 12.5. The third-order valence-electron chi connectivity index (χ3n) is 4.68. The van der Waals surface area contributed by atoms with E-state index in [1.165, 1.54) is 12.0 Å². The van der Waals surface area contributed by atoms with Crippen LogP contribution in [0.15, 0.2) is 30.3 Å². The summed E-state index contributed by atoms with van der Waals surface area (Å²) in [6.07, 6.45) is 0.0401. The van der Waals surface area contributed by atoms with Crippen LogP contribution in [0, 0.1) is 5.92 Å². The smallest absolute Gasteiger partial charge is 0.410 e. The van der Waals surface area contributed by atoms with Gasteiger partial charge in [-0.1, -0.05) is 30.3 Å². The van der Waals surface area contributed by atoms with E-state index in [1.807, 2.05) is 44.2 Å². The molecule has 3 rings (SSSR count). The quantitative estimate of drug-likeness (QED) is 0.795. The van der Waals surface area contributed by atoms with E-state index in [4.69, 9.17) is 14.2 Å². The molecule has 2 saturated heterocycles. The fourth-order valence-electron chi connectivity index (χ4n) is 3.68. The van der Waals surface area contributed by atoms with E-state index in [-0.39, 0.29) is 24.2 Å². The number of hydrogen-bond donors (Lipinski definition) is 0. The molecule has 0 saturated carbocycles. The van der Waals surface area contributed by atoms with Crippen LogP contribution in [-0.4, -0.2) is 48.4 Å². The summed E-state index contributed by atoms with van der Waals surface area (Å²) < 4.78 is 16.3. The van der Waals surface area contributed by atoms with E-state index in [2.05, 4.69) is 0 Å². The molecule has 6 heteroatoms. The van der Waals surface area contributed by atoms with E-state index in [0.29, 0.717) is 13.0 Å². The number of esters is 1. The van der Waals surface area contributed by atoms with Gasteiger partial charge in [-0.25, -0.2) is 9.59 Å². The van der Waals surface area contributed by atoms with Crippen molar-refractivity contribution in [3.8, 4) is 0 Å². The first-order valence-corrected chi connectivity index (χ1v) is 8.14. The highest BCUT2D eigenvalue weighted by Crippen LogP contribution is 2.43. The molecule has 130 valence electrons. The van der Waals surface area contributed by atoms with E-state index < -0.39 is 18.1 Å². The zero-order valence-electron chi connectivity index (χ0n) is 14.2. The molecule has 1 unspecified atom stereocenters. The van der Waals surface area contributed by atoms with Crippen molar-refractivity contribution < 1.29 is 23.8 Å². The molecule has 1 aromatic rings. The molecule has 0 aromatic heterocycles. The number of methoxy groups -OCH3 is 1. The molecule has 0 radical (unpaired) electrons. The summed E-state index contributed by atoms with van der Waals surface area (Å²) in [5.41, 5.74) is 0.610. The average Bonchev–Trinajstić information content (AvgIpc) is 3.04. The zero-order valence-corrected chi connectivity index (χ0v) is 14.2. The number of rotatable bonds is 3. The van der Waals surface area contributed by atoms with Gasteiger partial charge in [0, 0.05) is 5.92 Å². The first-order chi connectivity index (χ1) is 11.4. The van der Waals surface area contributed by atoms with Crippen LogP contribution < -0.4 is 0 Å². The van der Waals surface area contributed by atoms with Gasteiger partial charge in [-0.3, -0.25) is 4.90 Å². The Labute approximate surface area is 141 Å². The fraction of sp³-hybridized carbons (Fsp3) is 0.556. The average molecular weight is 333 g/mol. The lowest BCUT2D eigenvalue weighted by molar-refractivity contribution is -0.146. The Bertz CT molecular complexity index is 615. The van der Waals surface area contributed by atoms with Gasteiger partial charge >= 0.3 is 12.1 Å². The van der Waals surface area contributed by atoms with E-state index in [0.717, 1.165) is 5.56 Å². The second-order valence-electron chi connectivity index (χ2n) is 6.94. The zero-order chi connectivity index (χ0) is 17.3. The van der Waals surface area contributed by atoms with Gasteiger partial charge in [0.1, 0.15) is 12.6 Å². The van der Waals surface area contributed by atoms with Crippen LogP contribution in [0.4, 0.5) is 4.79 Å². The normalized spacial score (nSPS) is 27.6. The van der Waals surface area contributed by atoms with Gasteiger partial charge in [0.15, 0.2) is 0 Å². The number of amides is 1. The molecule has 2 fully saturated rings. The number of carbonyl (C=O) groups is 2. The third kappa shape index (κ3) is 3.24. The van der Waals surface area contributed by atoms with Crippen molar-refractivity contribution in [1.29, 1.82) is 0 Å². The maximum Gasteiger partial charge on any atom is 0.410 e. The minimum absolute atomic E-state index is 0.0586. The summed E-state index contributed by atoms with van der Waals surface area (Å²) in [5, 5.41) is 0. The van der Waals surface area contributed by atoms with Crippen molar-refractivity contribution in [2.45, 2.75) is 44.6 Å². The van der Waals surface area contributed by atoms with Crippen molar-refractivity contribution in [2.75, 3.05) is 13.7 Å². The molecule has 6 nitrogen and oxygen atoms in total. The molecular weight excluding hydrogens is 310 g/mol. The molecule has 1 aromatic carbocycles. The lowest BCUT2D eigenvalue weighted by atomic mass is 9.90. The van der Waals surface area contributed by atoms with Gasteiger partial charge in [0.25, 0.3) is 0 Å². The van der Waals surface area contributed by atoms with Gasteiger partial charge in [-0.05, 0) is 25.8 Å². The van der Waals surface area contributed by atoms with Gasteiger partial charge in [-0.2, -0.15) is 0 Å². The van der Waals surface area contributed by atoms with Crippen molar-refractivity contribution in [1.82, 2.24) is 4.90 Å². The molecule has 0 N–H and O–H groups in total. The SMILES string of the molecule is COC(=O)C1[C@H]2CC(C)(C)O[C@H]2CN1C(=O)OCc1ccccc1.